The molecule has 0 unspecified atom stereocenters. The predicted octanol–water partition coefficient (Wildman–Crippen LogP) is 1.98. The molecule has 0 aromatic carbocycles. The van der Waals surface area contributed by atoms with E-state index in [0.29, 0.717) is 0 Å². The first-order valence-electron chi connectivity index (χ1n) is 4.57. The number of nitrogens with zero attached hydrogens (tertiary/aromatic N) is 2. The maximum absolute atomic E-state index is 5.25. The van der Waals surface area contributed by atoms with Crippen LogP contribution in [0.15, 0.2) is 4.99 Å². The summed E-state index contributed by atoms with van der Waals surface area (Å²) in [5, 5.41) is 0. The van der Waals surface area contributed by atoms with Crippen LogP contribution >= 0.6 is 0 Å². The van der Waals surface area contributed by atoms with Crippen LogP contribution in [0, 0.1) is 5.41 Å². The third-order valence-corrected chi connectivity index (χ3v) is 1.52. The minimum Gasteiger partial charge on any atom is -0.369 e. The molecular formula is C10H22N2O. The SMILES string of the molecule is CO[C@@H](CC(C)(C)C)N=CN(C)C. The van der Waals surface area contributed by atoms with Gasteiger partial charge in [0.1, 0.15) is 6.23 Å². The molecule has 0 amide bonds. The second-order valence-electron chi connectivity index (χ2n) is 4.68. The fraction of sp³-hybridized carbons (Fsp3) is 0.900. The van der Waals surface area contributed by atoms with Crippen LogP contribution in [0.5, 0.6) is 0 Å². The van der Waals surface area contributed by atoms with Crippen molar-refractivity contribution in [3.8, 4) is 0 Å². The van der Waals surface area contributed by atoms with Crippen molar-refractivity contribution in [1.29, 1.82) is 0 Å². The molecule has 0 aromatic heterocycles. The zero-order valence-corrected chi connectivity index (χ0v) is 9.66. The smallest absolute Gasteiger partial charge is 0.150 e. The summed E-state index contributed by atoms with van der Waals surface area (Å²) >= 11 is 0. The van der Waals surface area contributed by atoms with Crippen LogP contribution < -0.4 is 0 Å². The van der Waals surface area contributed by atoms with Crippen LogP contribution in [0.4, 0.5) is 0 Å². The monoisotopic (exact) mass is 186 g/mol. The fourth-order valence-electron chi connectivity index (χ4n) is 0.928. The molecular weight excluding hydrogens is 164 g/mol. The third-order valence-electron chi connectivity index (χ3n) is 1.52. The van der Waals surface area contributed by atoms with Gasteiger partial charge in [0.25, 0.3) is 0 Å². The van der Waals surface area contributed by atoms with Crippen LogP contribution in [0.3, 0.4) is 0 Å². The van der Waals surface area contributed by atoms with Crippen molar-refractivity contribution in [1.82, 2.24) is 4.90 Å². The molecule has 3 heteroatoms. The van der Waals surface area contributed by atoms with Crippen molar-refractivity contribution in [2.45, 2.75) is 33.4 Å². The normalized spacial score (nSPS) is 14.9. The van der Waals surface area contributed by atoms with E-state index >= 15 is 0 Å². The summed E-state index contributed by atoms with van der Waals surface area (Å²) < 4.78 is 5.25. The number of hydrogen-bond acceptors (Lipinski definition) is 2. The summed E-state index contributed by atoms with van der Waals surface area (Å²) in [6, 6.07) is 0. The van der Waals surface area contributed by atoms with Crippen molar-refractivity contribution >= 4 is 6.34 Å². The molecule has 0 saturated carbocycles. The Hall–Kier alpha value is -0.570. The first-order chi connectivity index (χ1) is 5.85. The third kappa shape index (κ3) is 7.78. The van der Waals surface area contributed by atoms with E-state index in [9.17, 15) is 0 Å². The standard InChI is InChI=1S/C10H22N2O/c1-10(2,3)7-9(13-6)11-8-12(4)5/h8-9H,7H2,1-6H3/t9-/m0/s1. The lowest BCUT2D eigenvalue weighted by Gasteiger charge is -2.22. The molecule has 0 aromatic rings. The topological polar surface area (TPSA) is 24.8 Å². The molecule has 0 bridgehead atoms. The fourth-order valence-corrected chi connectivity index (χ4v) is 0.928. The van der Waals surface area contributed by atoms with Crippen LogP contribution in [0.25, 0.3) is 0 Å². The molecule has 0 saturated heterocycles. The Morgan fingerprint density at radius 3 is 2.23 bits per heavy atom. The maximum atomic E-state index is 5.25. The van der Waals surface area contributed by atoms with E-state index in [1.165, 1.54) is 0 Å². The van der Waals surface area contributed by atoms with Crippen molar-refractivity contribution in [2.24, 2.45) is 10.4 Å². The van der Waals surface area contributed by atoms with Crippen molar-refractivity contribution in [3.05, 3.63) is 0 Å². The molecule has 0 rings (SSSR count). The maximum Gasteiger partial charge on any atom is 0.150 e. The Labute approximate surface area is 81.8 Å². The van der Waals surface area contributed by atoms with Gasteiger partial charge in [-0.1, -0.05) is 20.8 Å². The van der Waals surface area contributed by atoms with Gasteiger partial charge in [-0.2, -0.15) is 0 Å². The molecule has 0 spiro atoms. The molecule has 1 atom stereocenters. The van der Waals surface area contributed by atoms with Gasteiger partial charge in [-0.3, -0.25) is 0 Å². The number of ether oxygens (including phenoxy) is 1. The average Bonchev–Trinajstić information content (AvgIpc) is 1.95. The summed E-state index contributed by atoms with van der Waals surface area (Å²) in [6.07, 6.45) is 2.70. The van der Waals surface area contributed by atoms with Gasteiger partial charge in [-0.25, -0.2) is 4.99 Å². The van der Waals surface area contributed by atoms with Gasteiger partial charge in [-0.05, 0) is 11.8 Å². The first-order valence-corrected chi connectivity index (χ1v) is 4.57. The van der Waals surface area contributed by atoms with E-state index in [0.717, 1.165) is 6.42 Å². The highest BCUT2D eigenvalue weighted by Crippen LogP contribution is 2.22. The van der Waals surface area contributed by atoms with E-state index in [-0.39, 0.29) is 11.6 Å². The molecule has 78 valence electrons. The molecule has 13 heavy (non-hydrogen) atoms. The highest BCUT2D eigenvalue weighted by atomic mass is 16.5. The Kier molecular flexibility index (Phi) is 4.99. The average molecular weight is 186 g/mol. The molecule has 0 aliphatic carbocycles. The highest BCUT2D eigenvalue weighted by Gasteiger charge is 2.16. The number of methoxy groups -OCH3 is 1. The molecule has 0 N–H and O–H groups in total. The zero-order valence-electron chi connectivity index (χ0n) is 9.66. The Morgan fingerprint density at radius 2 is 1.92 bits per heavy atom. The van der Waals surface area contributed by atoms with Crippen LogP contribution in [0.1, 0.15) is 27.2 Å². The summed E-state index contributed by atoms with van der Waals surface area (Å²) in [5.74, 6) is 0. The molecule has 0 aliphatic rings. The highest BCUT2D eigenvalue weighted by molar-refractivity contribution is 5.53. The Bertz CT molecular complexity index is 159. The first kappa shape index (κ1) is 12.4. The quantitative estimate of drug-likeness (QED) is 0.495. The van der Waals surface area contributed by atoms with Gasteiger partial charge in [-0.15, -0.1) is 0 Å². The van der Waals surface area contributed by atoms with Gasteiger partial charge < -0.3 is 9.64 Å². The van der Waals surface area contributed by atoms with E-state index in [1.807, 2.05) is 19.0 Å². The summed E-state index contributed by atoms with van der Waals surface area (Å²) in [7, 11) is 5.60. The van der Waals surface area contributed by atoms with Gasteiger partial charge >= 0.3 is 0 Å². The second kappa shape index (κ2) is 5.22. The van der Waals surface area contributed by atoms with Crippen molar-refractivity contribution in [3.63, 3.8) is 0 Å². The molecule has 0 fully saturated rings. The Balaban J connectivity index is 4.04. The van der Waals surface area contributed by atoms with Gasteiger partial charge in [0, 0.05) is 21.2 Å². The van der Waals surface area contributed by atoms with E-state index in [1.54, 1.807) is 13.4 Å². The summed E-state index contributed by atoms with van der Waals surface area (Å²) in [4.78, 5) is 6.22. The second-order valence-corrected chi connectivity index (χ2v) is 4.68. The Morgan fingerprint density at radius 1 is 1.38 bits per heavy atom. The van der Waals surface area contributed by atoms with Gasteiger partial charge in [0.05, 0.1) is 6.34 Å². The van der Waals surface area contributed by atoms with Crippen LogP contribution in [-0.2, 0) is 4.74 Å². The summed E-state index contributed by atoms with van der Waals surface area (Å²) in [6.45, 7) is 6.55. The van der Waals surface area contributed by atoms with E-state index in [4.69, 9.17) is 4.74 Å². The predicted molar refractivity (Wildman–Crippen MR) is 57.0 cm³/mol. The molecule has 3 nitrogen and oxygen atoms in total. The number of aliphatic imine (C=N–C) groups is 1. The minimum absolute atomic E-state index is 0.0256. The lowest BCUT2D eigenvalue weighted by atomic mass is 9.91. The number of rotatable bonds is 4. The minimum atomic E-state index is -0.0256. The van der Waals surface area contributed by atoms with Crippen LogP contribution in [-0.4, -0.2) is 38.7 Å². The summed E-state index contributed by atoms with van der Waals surface area (Å²) in [5.41, 5.74) is 0.254. The zero-order chi connectivity index (χ0) is 10.5. The van der Waals surface area contributed by atoms with Gasteiger partial charge in [0.15, 0.2) is 0 Å². The number of hydrogen-bond donors (Lipinski definition) is 0. The van der Waals surface area contributed by atoms with Crippen molar-refractivity contribution < 1.29 is 4.74 Å². The molecule has 0 aliphatic heterocycles. The lowest BCUT2D eigenvalue weighted by Crippen LogP contribution is -2.20. The van der Waals surface area contributed by atoms with Crippen molar-refractivity contribution in [2.75, 3.05) is 21.2 Å². The molecule has 0 radical (unpaired) electrons. The van der Waals surface area contributed by atoms with E-state index < -0.39 is 0 Å². The van der Waals surface area contributed by atoms with Gasteiger partial charge in [0.2, 0.25) is 0 Å². The largest absolute Gasteiger partial charge is 0.369 e. The lowest BCUT2D eigenvalue weighted by molar-refractivity contribution is 0.0731. The van der Waals surface area contributed by atoms with Crippen LogP contribution in [0.2, 0.25) is 0 Å². The molecule has 0 heterocycles. The van der Waals surface area contributed by atoms with E-state index in [2.05, 4.69) is 25.8 Å².